The summed E-state index contributed by atoms with van der Waals surface area (Å²) < 4.78 is 0. The Balaban J connectivity index is 0. The van der Waals surface area contributed by atoms with Crippen molar-refractivity contribution in [1.29, 1.82) is 0 Å². The average Bonchev–Trinajstić information content (AvgIpc) is 0.918. The Hall–Kier alpha value is 2.04. The van der Waals surface area contributed by atoms with E-state index in [9.17, 15) is 0 Å². The van der Waals surface area contributed by atoms with Crippen molar-refractivity contribution in [2.75, 3.05) is 0 Å². The topological polar surface area (TPSA) is 0 Å². The first-order chi connectivity index (χ1) is 1.41. The third-order valence-corrected chi connectivity index (χ3v) is 0. The maximum atomic E-state index is 2.37. The third-order valence-electron chi connectivity index (χ3n) is 0. The fraction of sp³-hybridized carbons (Fsp3) is 0. The first kappa shape index (κ1) is 9.40. The molecule has 0 spiro atoms. The van der Waals surface area contributed by atoms with E-state index in [1.54, 1.807) is 0 Å². The van der Waals surface area contributed by atoms with Crippen LogP contribution in [-0.4, -0.2) is 0 Å². The van der Waals surface area contributed by atoms with Gasteiger partial charge >= 0.3 is 49.4 Å². The van der Waals surface area contributed by atoms with Crippen molar-refractivity contribution >= 4 is 40.0 Å². The second-order valence-electron chi connectivity index (χ2n) is 0.0639. The molecule has 4 heavy (non-hydrogen) atoms. The zero-order valence-electron chi connectivity index (χ0n) is 2.20. The molecule has 0 aliphatic heterocycles. The van der Waals surface area contributed by atoms with Crippen molar-refractivity contribution in [1.82, 2.24) is 0 Å². The van der Waals surface area contributed by atoms with E-state index in [1.165, 1.54) is 0 Å². The molecule has 0 heterocycles. The molecule has 0 aromatic heterocycles. The van der Waals surface area contributed by atoms with E-state index in [4.69, 9.17) is 0 Å². The minimum absolute atomic E-state index is 0. The van der Waals surface area contributed by atoms with Crippen molar-refractivity contribution < 1.29 is 9.47 Å². The standard InChI is InChI=1S/CH3.2HI.V/h1H3;2*1H;/q-1;;;+2/p-2. The van der Waals surface area contributed by atoms with E-state index >= 15 is 0 Å². The quantitative estimate of drug-likeness (QED) is 0.474. The number of hydrogen-bond donors (Lipinski definition) is 0. The van der Waals surface area contributed by atoms with Gasteiger partial charge in [0, 0.05) is 0 Å². The van der Waals surface area contributed by atoms with E-state index < -0.39 is 0 Å². The van der Waals surface area contributed by atoms with Gasteiger partial charge in [0.15, 0.2) is 0 Å². The third kappa shape index (κ3) is 8.97. The molecule has 27 valence electrons. The van der Waals surface area contributed by atoms with Gasteiger partial charge in [-0.25, -0.2) is 0 Å². The van der Waals surface area contributed by atoms with Crippen LogP contribution in [0.1, 0.15) is 0 Å². The van der Waals surface area contributed by atoms with Gasteiger partial charge in [0.1, 0.15) is 0 Å². The summed E-state index contributed by atoms with van der Waals surface area (Å²) in [5.41, 5.74) is 0. The van der Waals surface area contributed by atoms with Crippen molar-refractivity contribution in [2.45, 2.75) is 0 Å². The predicted octanol–water partition coefficient (Wildman–Crippen LogP) is 2.22. The van der Waals surface area contributed by atoms with E-state index in [1.807, 2.05) is 0 Å². The fourth-order valence-corrected chi connectivity index (χ4v) is 0. The number of rotatable bonds is 0. The number of halogens is 2. The molecule has 0 N–H and O–H groups in total. The van der Waals surface area contributed by atoms with E-state index in [0.29, 0.717) is 9.47 Å². The summed E-state index contributed by atoms with van der Waals surface area (Å²) in [5, 5.41) is 0. The predicted molar refractivity (Wildman–Crippen MR) is 34.5 cm³/mol. The second-order valence-corrected chi connectivity index (χ2v) is 11.9. The summed E-state index contributed by atoms with van der Waals surface area (Å²) in [6, 6.07) is 0. The van der Waals surface area contributed by atoms with Crippen LogP contribution in [0.2, 0.25) is 0 Å². The molecule has 0 nitrogen and oxygen atoms in total. The van der Waals surface area contributed by atoms with Gasteiger partial charge in [0.2, 0.25) is 0 Å². The Morgan fingerprint density at radius 2 is 1.25 bits per heavy atom. The van der Waals surface area contributed by atoms with Crippen molar-refractivity contribution in [3.63, 3.8) is 0 Å². The molecule has 3 heteroatoms. The van der Waals surface area contributed by atoms with Gasteiger partial charge in [-0.05, 0) is 0 Å². The Morgan fingerprint density at radius 1 is 1.25 bits per heavy atom. The van der Waals surface area contributed by atoms with E-state index in [2.05, 4.69) is 40.0 Å². The van der Waals surface area contributed by atoms with Crippen molar-refractivity contribution in [3.05, 3.63) is 7.43 Å². The van der Waals surface area contributed by atoms with Gasteiger partial charge in [-0.15, -0.1) is 0 Å². The van der Waals surface area contributed by atoms with Crippen LogP contribution >= 0.6 is 40.0 Å². The Morgan fingerprint density at radius 3 is 1.25 bits per heavy atom. The Bertz CT molecular complexity index is 6.00. The van der Waals surface area contributed by atoms with Crippen LogP contribution in [0, 0.1) is 7.43 Å². The molecule has 0 unspecified atom stereocenters. The normalized spacial score (nSPS) is 3.50. The van der Waals surface area contributed by atoms with Crippen LogP contribution in [0.5, 0.6) is 0 Å². The molecule has 0 aliphatic rings. The summed E-state index contributed by atoms with van der Waals surface area (Å²) >= 11 is 4.74. The molecule has 0 saturated carbocycles. The van der Waals surface area contributed by atoms with Crippen molar-refractivity contribution in [2.24, 2.45) is 0 Å². The summed E-state index contributed by atoms with van der Waals surface area (Å²) in [4.78, 5) is 0. The minimum atomic E-state index is 0. The van der Waals surface area contributed by atoms with Gasteiger partial charge in [-0.2, -0.15) is 0 Å². The van der Waals surface area contributed by atoms with Crippen LogP contribution in [0.4, 0.5) is 0 Å². The summed E-state index contributed by atoms with van der Waals surface area (Å²) in [7, 11) is 0.628. The molecular weight excluding hydrogens is 317 g/mol. The molecule has 0 atom stereocenters. The monoisotopic (exact) mass is 320 g/mol. The first-order valence-corrected chi connectivity index (χ1v) is 9.35. The van der Waals surface area contributed by atoms with E-state index in [0.717, 1.165) is 0 Å². The molecule has 0 fully saturated rings. The SMILES string of the molecule is [CH3-].[I][V][I]. The van der Waals surface area contributed by atoms with Gasteiger partial charge in [-0.3, -0.25) is 0 Å². The van der Waals surface area contributed by atoms with Crippen LogP contribution in [0.3, 0.4) is 0 Å². The summed E-state index contributed by atoms with van der Waals surface area (Å²) in [6.07, 6.45) is 0. The molecule has 0 saturated heterocycles. The molecule has 0 bridgehead atoms. The molecular formula is CH3I2V-. The van der Waals surface area contributed by atoms with Crippen LogP contribution < -0.4 is 0 Å². The molecule has 0 aromatic carbocycles. The van der Waals surface area contributed by atoms with Crippen LogP contribution in [-0.2, 0) is 9.47 Å². The Kier molecular flexibility index (Phi) is 20.9. The van der Waals surface area contributed by atoms with Crippen LogP contribution in [0.15, 0.2) is 0 Å². The average molecular weight is 320 g/mol. The fourth-order valence-electron chi connectivity index (χ4n) is 0. The van der Waals surface area contributed by atoms with Crippen molar-refractivity contribution in [3.8, 4) is 0 Å². The maximum absolute atomic E-state index is 2.37. The molecule has 0 aliphatic carbocycles. The van der Waals surface area contributed by atoms with E-state index in [-0.39, 0.29) is 7.43 Å². The van der Waals surface area contributed by atoms with Gasteiger partial charge in [0.25, 0.3) is 0 Å². The molecule has 0 rings (SSSR count). The zero-order valence-corrected chi connectivity index (χ0v) is 7.91. The zero-order chi connectivity index (χ0) is 2.71. The Labute approximate surface area is 55.9 Å². The first-order valence-electron chi connectivity index (χ1n) is 0.338. The summed E-state index contributed by atoms with van der Waals surface area (Å²) in [6.45, 7) is 0. The number of hydrogen-bond acceptors (Lipinski definition) is 0. The van der Waals surface area contributed by atoms with Gasteiger partial charge < -0.3 is 7.43 Å². The molecule has 0 radical (unpaired) electrons. The molecule has 0 aromatic rings. The van der Waals surface area contributed by atoms with Gasteiger partial charge in [0.05, 0.1) is 0 Å². The van der Waals surface area contributed by atoms with Gasteiger partial charge in [-0.1, -0.05) is 0 Å². The van der Waals surface area contributed by atoms with Crippen LogP contribution in [0.25, 0.3) is 0 Å². The second kappa shape index (κ2) is 8.90. The molecule has 0 amide bonds. The summed E-state index contributed by atoms with van der Waals surface area (Å²) in [5.74, 6) is 0.